The number of carbonyl (C=O) groups is 1. The van der Waals surface area contributed by atoms with Crippen molar-refractivity contribution in [3.63, 3.8) is 0 Å². The van der Waals surface area contributed by atoms with E-state index in [0.717, 1.165) is 6.42 Å². The van der Waals surface area contributed by atoms with E-state index in [2.05, 4.69) is 47.8 Å². The molecule has 0 spiro atoms. The first-order chi connectivity index (χ1) is 11.8. The smallest absolute Gasteiger partial charge is 0.251 e. The average Bonchev–Trinajstić information content (AvgIpc) is 3.02. The van der Waals surface area contributed by atoms with Crippen LogP contribution in [0.3, 0.4) is 0 Å². The Balaban J connectivity index is 1.63. The molecule has 0 fully saturated rings. The molecule has 0 bridgehead atoms. The lowest BCUT2D eigenvalue weighted by atomic mass is 9.93. The maximum absolute atomic E-state index is 12.5. The van der Waals surface area contributed by atoms with E-state index in [1.54, 1.807) is 0 Å². The molecule has 2 heteroatoms. The fourth-order valence-corrected chi connectivity index (χ4v) is 3.60. The number of rotatable bonds is 3. The van der Waals surface area contributed by atoms with Gasteiger partial charge in [0.15, 0.2) is 0 Å². The van der Waals surface area contributed by atoms with Crippen LogP contribution in [0, 0.1) is 0 Å². The normalized spacial score (nSPS) is 18.8. The number of nitrogens with one attached hydrogen (secondary N) is 1. The monoisotopic (exact) mass is 313 g/mol. The molecule has 1 amide bonds. The van der Waals surface area contributed by atoms with Crippen molar-refractivity contribution < 1.29 is 4.79 Å². The molecule has 2 atom stereocenters. The topological polar surface area (TPSA) is 29.1 Å². The Labute approximate surface area is 142 Å². The van der Waals surface area contributed by atoms with Crippen LogP contribution in [-0.2, 0) is 0 Å². The van der Waals surface area contributed by atoms with Crippen molar-refractivity contribution in [2.45, 2.75) is 18.4 Å². The summed E-state index contributed by atoms with van der Waals surface area (Å²) in [6.45, 7) is 0. The largest absolute Gasteiger partial charge is 0.345 e. The van der Waals surface area contributed by atoms with Crippen molar-refractivity contribution >= 4 is 5.91 Å². The van der Waals surface area contributed by atoms with Crippen LogP contribution in [0.2, 0.25) is 0 Å². The van der Waals surface area contributed by atoms with Crippen LogP contribution in [0.4, 0.5) is 0 Å². The number of hydrogen-bond donors (Lipinski definition) is 1. The van der Waals surface area contributed by atoms with Crippen LogP contribution >= 0.6 is 0 Å². The minimum atomic E-state index is -0.0101. The quantitative estimate of drug-likeness (QED) is 0.746. The summed E-state index contributed by atoms with van der Waals surface area (Å²) in [7, 11) is 0. The van der Waals surface area contributed by atoms with E-state index in [1.807, 2.05) is 42.5 Å². The summed E-state index contributed by atoms with van der Waals surface area (Å²) in [6.07, 6.45) is 0.905. The van der Waals surface area contributed by atoms with Gasteiger partial charge >= 0.3 is 0 Å². The van der Waals surface area contributed by atoms with E-state index in [1.165, 1.54) is 16.7 Å². The summed E-state index contributed by atoms with van der Waals surface area (Å²) in [5, 5.41) is 3.21. The van der Waals surface area contributed by atoms with E-state index >= 15 is 0 Å². The second-order valence-electron chi connectivity index (χ2n) is 6.22. The molecule has 1 aliphatic carbocycles. The van der Waals surface area contributed by atoms with Gasteiger partial charge in [0.05, 0.1) is 6.04 Å². The van der Waals surface area contributed by atoms with E-state index < -0.39 is 0 Å². The van der Waals surface area contributed by atoms with Crippen molar-refractivity contribution in [2.24, 2.45) is 0 Å². The number of hydrogen-bond acceptors (Lipinski definition) is 1. The zero-order valence-electron chi connectivity index (χ0n) is 13.4. The van der Waals surface area contributed by atoms with E-state index in [-0.39, 0.29) is 11.9 Å². The third kappa shape index (κ3) is 2.71. The summed E-state index contributed by atoms with van der Waals surface area (Å²) in [5.41, 5.74) is 4.57. The molecule has 4 rings (SSSR count). The first kappa shape index (κ1) is 14.7. The molecule has 3 aromatic carbocycles. The van der Waals surface area contributed by atoms with Gasteiger partial charge in [-0.25, -0.2) is 0 Å². The van der Waals surface area contributed by atoms with Gasteiger partial charge in [0.1, 0.15) is 0 Å². The van der Waals surface area contributed by atoms with Crippen LogP contribution in [0.5, 0.6) is 0 Å². The number of fused-ring (bicyclic) bond motifs is 1. The van der Waals surface area contributed by atoms with Crippen molar-refractivity contribution in [3.05, 3.63) is 107 Å². The molecule has 0 aliphatic heterocycles. The maximum Gasteiger partial charge on any atom is 0.251 e. The molecule has 3 aromatic rings. The molecule has 118 valence electrons. The van der Waals surface area contributed by atoms with Gasteiger partial charge in [0, 0.05) is 11.5 Å². The van der Waals surface area contributed by atoms with Gasteiger partial charge in [0.2, 0.25) is 0 Å². The van der Waals surface area contributed by atoms with Gasteiger partial charge in [-0.15, -0.1) is 0 Å². The zero-order valence-corrected chi connectivity index (χ0v) is 13.4. The van der Waals surface area contributed by atoms with Crippen molar-refractivity contribution in [1.29, 1.82) is 0 Å². The lowest BCUT2D eigenvalue weighted by Crippen LogP contribution is -2.27. The van der Waals surface area contributed by atoms with Crippen LogP contribution < -0.4 is 5.32 Å². The molecule has 2 nitrogen and oxygen atoms in total. The Morgan fingerprint density at radius 3 is 2.04 bits per heavy atom. The van der Waals surface area contributed by atoms with Crippen molar-refractivity contribution in [1.82, 2.24) is 5.32 Å². The summed E-state index contributed by atoms with van der Waals surface area (Å²) in [6, 6.07) is 28.4. The van der Waals surface area contributed by atoms with Gasteiger partial charge in [0.25, 0.3) is 5.91 Å². The molecule has 0 aromatic heterocycles. The fraction of sp³-hybridized carbons (Fsp3) is 0.136. The van der Waals surface area contributed by atoms with Crippen molar-refractivity contribution in [3.8, 4) is 0 Å². The Morgan fingerprint density at radius 1 is 0.750 bits per heavy atom. The Kier molecular flexibility index (Phi) is 3.87. The highest BCUT2D eigenvalue weighted by Crippen LogP contribution is 2.43. The maximum atomic E-state index is 12.5. The fourth-order valence-electron chi connectivity index (χ4n) is 3.60. The number of carbonyl (C=O) groups excluding carboxylic acids is 1. The first-order valence-electron chi connectivity index (χ1n) is 8.32. The minimum Gasteiger partial charge on any atom is -0.345 e. The molecule has 0 unspecified atom stereocenters. The van der Waals surface area contributed by atoms with E-state index in [0.29, 0.717) is 11.5 Å². The van der Waals surface area contributed by atoms with Crippen LogP contribution in [0.1, 0.15) is 45.4 Å². The lowest BCUT2D eigenvalue weighted by Gasteiger charge is -2.15. The third-order valence-corrected chi connectivity index (χ3v) is 4.76. The van der Waals surface area contributed by atoms with Crippen LogP contribution in [-0.4, -0.2) is 5.91 Å². The van der Waals surface area contributed by atoms with Gasteiger partial charge < -0.3 is 5.32 Å². The average molecular weight is 313 g/mol. The Hall–Kier alpha value is -2.87. The Morgan fingerprint density at radius 2 is 1.33 bits per heavy atom. The van der Waals surface area contributed by atoms with E-state index in [9.17, 15) is 4.79 Å². The Bertz CT molecular complexity index is 842. The lowest BCUT2D eigenvalue weighted by molar-refractivity contribution is 0.0936. The molecular weight excluding hydrogens is 294 g/mol. The highest BCUT2D eigenvalue weighted by atomic mass is 16.1. The molecule has 0 heterocycles. The highest BCUT2D eigenvalue weighted by molar-refractivity contribution is 5.94. The van der Waals surface area contributed by atoms with E-state index in [4.69, 9.17) is 0 Å². The molecule has 0 saturated carbocycles. The molecule has 0 saturated heterocycles. The summed E-state index contributed by atoms with van der Waals surface area (Å²) in [5.74, 6) is 0.326. The van der Waals surface area contributed by atoms with Crippen molar-refractivity contribution in [2.75, 3.05) is 0 Å². The van der Waals surface area contributed by atoms with Gasteiger partial charge in [-0.3, -0.25) is 4.79 Å². The van der Waals surface area contributed by atoms with Crippen LogP contribution in [0.25, 0.3) is 0 Å². The minimum absolute atomic E-state index is 0.0101. The standard InChI is InChI=1S/C22H19NO/c24-22(17-11-5-2-6-12-17)23-21-15-20(16-9-3-1-4-10-16)18-13-7-8-14-19(18)21/h1-14,20-21H,15H2,(H,23,24)/t20-,21-/m0/s1. The summed E-state index contributed by atoms with van der Waals surface area (Å²) >= 11 is 0. The predicted molar refractivity (Wildman–Crippen MR) is 96.0 cm³/mol. The zero-order chi connectivity index (χ0) is 16.4. The molecule has 24 heavy (non-hydrogen) atoms. The van der Waals surface area contributed by atoms with Gasteiger partial charge in [-0.05, 0) is 35.2 Å². The van der Waals surface area contributed by atoms with Gasteiger partial charge in [-0.1, -0.05) is 72.8 Å². The highest BCUT2D eigenvalue weighted by Gasteiger charge is 2.32. The molecule has 0 radical (unpaired) electrons. The first-order valence-corrected chi connectivity index (χ1v) is 8.32. The molecular formula is C22H19NO. The number of benzene rings is 3. The second-order valence-corrected chi connectivity index (χ2v) is 6.22. The number of amides is 1. The van der Waals surface area contributed by atoms with Crippen LogP contribution in [0.15, 0.2) is 84.9 Å². The molecule has 1 N–H and O–H groups in total. The predicted octanol–water partition coefficient (Wildman–Crippen LogP) is 4.69. The summed E-state index contributed by atoms with van der Waals surface area (Å²) in [4.78, 5) is 12.5. The second kappa shape index (κ2) is 6.32. The molecule has 1 aliphatic rings. The van der Waals surface area contributed by atoms with Gasteiger partial charge in [-0.2, -0.15) is 0 Å². The third-order valence-electron chi connectivity index (χ3n) is 4.76. The SMILES string of the molecule is O=C(N[C@H]1C[C@@H](c2ccccc2)c2ccccc21)c1ccccc1. The summed E-state index contributed by atoms with van der Waals surface area (Å²) < 4.78 is 0.